The van der Waals surface area contributed by atoms with Gasteiger partial charge < -0.3 is 5.32 Å². The van der Waals surface area contributed by atoms with Gasteiger partial charge in [0.25, 0.3) is 5.56 Å². The summed E-state index contributed by atoms with van der Waals surface area (Å²) in [5, 5.41) is 4.33. The number of fused-ring (bicyclic) bond motifs is 3. The van der Waals surface area contributed by atoms with E-state index in [1.165, 1.54) is 37.4 Å². The summed E-state index contributed by atoms with van der Waals surface area (Å²) in [6, 6.07) is 17.0. The monoisotopic (exact) mass is 433 g/mol. The van der Waals surface area contributed by atoms with Crippen LogP contribution in [0.1, 0.15) is 32.6 Å². The molecule has 2 aliphatic carbocycles. The van der Waals surface area contributed by atoms with Crippen molar-refractivity contribution in [3.63, 3.8) is 0 Å². The summed E-state index contributed by atoms with van der Waals surface area (Å²) in [5.74, 6) is 2.49. The van der Waals surface area contributed by atoms with Crippen molar-refractivity contribution in [2.45, 2.75) is 43.8 Å². The third kappa shape index (κ3) is 4.01. The molecule has 6 heteroatoms. The number of hydrogen-bond acceptors (Lipinski definition) is 4. The molecule has 2 fully saturated rings. The van der Waals surface area contributed by atoms with Crippen LogP contribution in [-0.2, 0) is 4.79 Å². The fourth-order valence-electron chi connectivity index (χ4n) is 5.45. The number of carbonyl (C=O) groups excluding carboxylic acids is 1. The first-order valence-corrected chi connectivity index (χ1v) is 12.1. The van der Waals surface area contributed by atoms with Gasteiger partial charge in [-0.25, -0.2) is 4.98 Å². The first-order chi connectivity index (χ1) is 15.1. The Hall–Kier alpha value is -2.60. The molecular formula is C25H27N3O2S. The van der Waals surface area contributed by atoms with E-state index >= 15 is 0 Å². The second-order valence-corrected chi connectivity index (χ2v) is 9.81. The van der Waals surface area contributed by atoms with Crippen molar-refractivity contribution in [3.05, 3.63) is 65.0 Å². The second kappa shape index (κ2) is 8.50. The first kappa shape index (κ1) is 20.3. The molecule has 0 unspecified atom stereocenters. The lowest BCUT2D eigenvalue weighted by molar-refractivity contribution is -0.119. The van der Waals surface area contributed by atoms with Crippen molar-refractivity contribution in [2.24, 2.45) is 17.8 Å². The smallest absolute Gasteiger partial charge is 0.266 e. The van der Waals surface area contributed by atoms with E-state index < -0.39 is 0 Å². The molecule has 1 aromatic heterocycles. The molecule has 31 heavy (non-hydrogen) atoms. The summed E-state index contributed by atoms with van der Waals surface area (Å²) >= 11 is 1.32. The number of para-hydroxylation sites is 2. The highest BCUT2D eigenvalue weighted by Gasteiger charge is 2.42. The summed E-state index contributed by atoms with van der Waals surface area (Å²) in [6.07, 6.45) is 5.26. The van der Waals surface area contributed by atoms with E-state index in [1.807, 2.05) is 48.5 Å². The van der Waals surface area contributed by atoms with Gasteiger partial charge in [0.15, 0.2) is 5.16 Å². The van der Waals surface area contributed by atoms with Crippen LogP contribution in [0.25, 0.3) is 16.6 Å². The molecule has 1 N–H and O–H groups in total. The molecule has 5 nitrogen and oxygen atoms in total. The summed E-state index contributed by atoms with van der Waals surface area (Å²) < 4.78 is 1.61. The third-order valence-electron chi connectivity index (χ3n) is 6.92. The van der Waals surface area contributed by atoms with Crippen LogP contribution in [0.4, 0.5) is 0 Å². The van der Waals surface area contributed by atoms with E-state index in [-0.39, 0.29) is 23.3 Å². The van der Waals surface area contributed by atoms with E-state index in [2.05, 4.69) is 12.2 Å². The lowest BCUT2D eigenvalue weighted by Gasteiger charge is -2.28. The summed E-state index contributed by atoms with van der Waals surface area (Å²) in [4.78, 5) is 30.7. The van der Waals surface area contributed by atoms with Crippen LogP contribution in [0.15, 0.2) is 64.5 Å². The maximum absolute atomic E-state index is 13.2. The highest BCUT2D eigenvalue weighted by Crippen LogP contribution is 2.49. The van der Waals surface area contributed by atoms with Gasteiger partial charge in [-0.05, 0) is 68.2 Å². The van der Waals surface area contributed by atoms with Crippen molar-refractivity contribution in [1.82, 2.24) is 14.9 Å². The van der Waals surface area contributed by atoms with Crippen molar-refractivity contribution >= 4 is 28.6 Å². The van der Waals surface area contributed by atoms with Crippen molar-refractivity contribution in [3.8, 4) is 5.69 Å². The Labute approximate surface area is 186 Å². The molecule has 3 aromatic rings. The SMILES string of the molecule is C[C@@H](NC(=O)CSc1nc2ccccc2c(=O)n1-c1ccccc1)[C@H]1C[C@H]2CC[C@H]1C2. The van der Waals surface area contributed by atoms with Gasteiger partial charge in [0.1, 0.15) is 0 Å². The van der Waals surface area contributed by atoms with Gasteiger partial charge in [-0.1, -0.05) is 48.5 Å². The Kier molecular flexibility index (Phi) is 5.57. The number of nitrogens with one attached hydrogen (secondary N) is 1. The van der Waals surface area contributed by atoms with Gasteiger partial charge in [0.2, 0.25) is 5.91 Å². The Bertz CT molecular complexity index is 1160. The van der Waals surface area contributed by atoms with Crippen molar-refractivity contribution < 1.29 is 4.79 Å². The van der Waals surface area contributed by atoms with Crippen LogP contribution in [-0.4, -0.2) is 27.3 Å². The number of nitrogens with zero attached hydrogens (tertiary/aromatic N) is 2. The fourth-order valence-corrected chi connectivity index (χ4v) is 6.28. The third-order valence-corrected chi connectivity index (χ3v) is 7.85. The van der Waals surface area contributed by atoms with Gasteiger partial charge in [0, 0.05) is 6.04 Å². The van der Waals surface area contributed by atoms with Gasteiger partial charge in [-0.3, -0.25) is 14.2 Å². The van der Waals surface area contributed by atoms with Crippen molar-refractivity contribution in [1.29, 1.82) is 0 Å². The highest BCUT2D eigenvalue weighted by molar-refractivity contribution is 7.99. The molecule has 160 valence electrons. The molecule has 4 atom stereocenters. The zero-order valence-corrected chi connectivity index (χ0v) is 18.5. The van der Waals surface area contributed by atoms with E-state index in [0.717, 1.165) is 17.5 Å². The maximum Gasteiger partial charge on any atom is 0.266 e. The zero-order valence-electron chi connectivity index (χ0n) is 17.7. The maximum atomic E-state index is 13.2. The van der Waals surface area contributed by atoms with Crippen LogP contribution in [0, 0.1) is 17.8 Å². The standard InChI is InChI=1S/C25H27N3O2S/c1-16(21-14-17-11-12-18(21)13-17)26-23(29)15-31-25-27-22-10-6-5-9-20(22)24(30)28(25)19-7-3-2-4-8-19/h2-10,16-18,21H,11-15H2,1H3,(H,26,29)/t16-,17+,18+,21-/m1/s1. The molecule has 2 aliphatic rings. The molecule has 0 spiro atoms. The zero-order chi connectivity index (χ0) is 21.4. The number of rotatable bonds is 6. The average molecular weight is 434 g/mol. The molecule has 2 aromatic carbocycles. The molecule has 0 aliphatic heterocycles. The normalized spacial score (nSPS) is 23.2. The van der Waals surface area contributed by atoms with E-state index in [0.29, 0.717) is 22.0 Å². The molecule has 0 radical (unpaired) electrons. The topological polar surface area (TPSA) is 64.0 Å². The Morgan fingerprint density at radius 2 is 1.90 bits per heavy atom. The van der Waals surface area contributed by atoms with Gasteiger partial charge in [0.05, 0.1) is 22.3 Å². The first-order valence-electron chi connectivity index (χ1n) is 11.1. The highest BCUT2D eigenvalue weighted by atomic mass is 32.2. The minimum absolute atomic E-state index is 0.00212. The van der Waals surface area contributed by atoms with Gasteiger partial charge >= 0.3 is 0 Å². The predicted molar refractivity (Wildman–Crippen MR) is 125 cm³/mol. The second-order valence-electron chi connectivity index (χ2n) is 8.87. The molecular weight excluding hydrogens is 406 g/mol. The quantitative estimate of drug-likeness (QED) is 0.462. The fraction of sp³-hybridized carbons (Fsp3) is 0.400. The van der Waals surface area contributed by atoms with Crippen LogP contribution in [0.5, 0.6) is 0 Å². The average Bonchev–Trinajstić information content (AvgIpc) is 3.42. The minimum atomic E-state index is -0.116. The van der Waals surface area contributed by atoms with E-state index in [4.69, 9.17) is 4.98 Å². The van der Waals surface area contributed by atoms with E-state index in [1.54, 1.807) is 10.6 Å². The number of carbonyl (C=O) groups is 1. The van der Waals surface area contributed by atoms with Gasteiger partial charge in [-0.2, -0.15) is 0 Å². The molecule has 2 bridgehead atoms. The molecule has 1 amide bonds. The predicted octanol–water partition coefficient (Wildman–Crippen LogP) is 4.42. The molecule has 0 saturated heterocycles. The molecule has 2 saturated carbocycles. The van der Waals surface area contributed by atoms with Crippen LogP contribution in [0.3, 0.4) is 0 Å². The minimum Gasteiger partial charge on any atom is -0.353 e. The number of hydrogen-bond donors (Lipinski definition) is 1. The van der Waals surface area contributed by atoms with Crippen LogP contribution >= 0.6 is 11.8 Å². The number of aromatic nitrogens is 2. The molecule has 1 heterocycles. The summed E-state index contributed by atoms with van der Waals surface area (Å²) in [7, 11) is 0. The number of amides is 1. The van der Waals surface area contributed by atoms with Crippen LogP contribution < -0.4 is 10.9 Å². The molecule has 5 rings (SSSR count). The Morgan fingerprint density at radius 3 is 2.65 bits per heavy atom. The van der Waals surface area contributed by atoms with Crippen molar-refractivity contribution in [2.75, 3.05) is 5.75 Å². The Balaban J connectivity index is 1.36. The summed E-state index contributed by atoms with van der Waals surface area (Å²) in [6.45, 7) is 2.14. The summed E-state index contributed by atoms with van der Waals surface area (Å²) in [5.41, 5.74) is 1.29. The lowest BCUT2D eigenvalue weighted by atomic mass is 9.84. The largest absolute Gasteiger partial charge is 0.353 e. The van der Waals surface area contributed by atoms with Gasteiger partial charge in [-0.15, -0.1) is 0 Å². The lowest BCUT2D eigenvalue weighted by Crippen LogP contribution is -2.41. The Morgan fingerprint density at radius 1 is 1.13 bits per heavy atom. The number of thioether (sulfide) groups is 1. The van der Waals surface area contributed by atoms with E-state index in [9.17, 15) is 9.59 Å². The van der Waals surface area contributed by atoms with Crippen LogP contribution in [0.2, 0.25) is 0 Å². The number of benzene rings is 2.